The third-order valence-electron chi connectivity index (χ3n) is 4.43. The molecule has 3 aromatic rings. The third kappa shape index (κ3) is 5.04. The molecule has 0 aliphatic heterocycles. The molecule has 0 atom stereocenters. The van der Waals surface area contributed by atoms with E-state index in [9.17, 15) is 0 Å². The van der Waals surface area contributed by atoms with Gasteiger partial charge in [-0.3, -0.25) is 5.41 Å². The molecule has 0 aliphatic rings. The van der Waals surface area contributed by atoms with E-state index in [0.29, 0.717) is 0 Å². The molecule has 0 spiro atoms. The molecule has 1 heterocycles. The van der Waals surface area contributed by atoms with Gasteiger partial charge >= 0.3 is 0 Å². The first kappa shape index (κ1) is 18.4. The Kier molecular flexibility index (Phi) is 6.58. The van der Waals surface area contributed by atoms with Crippen LogP contribution in [0, 0.1) is 5.41 Å². The molecule has 2 aromatic carbocycles. The minimum atomic E-state index is 0.138. The zero-order chi connectivity index (χ0) is 18.2. The standard InChI is InChI=1S/C22H25N3S/c23-22(24)21-20(13-16-26-21)19-10-8-18(9-11-19)12-15-25-14-4-7-17-5-2-1-3-6-17/h1-3,5-6,8-11,13,16,25H,4,7,12,14-15H2,(H3,23,24). The van der Waals surface area contributed by atoms with E-state index in [1.807, 2.05) is 11.4 Å². The maximum Gasteiger partial charge on any atom is 0.133 e. The van der Waals surface area contributed by atoms with Gasteiger partial charge in [-0.05, 0) is 60.5 Å². The smallest absolute Gasteiger partial charge is 0.133 e. The predicted molar refractivity (Wildman–Crippen MR) is 112 cm³/mol. The molecule has 0 fully saturated rings. The minimum absolute atomic E-state index is 0.138. The maximum absolute atomic E-state index is 7.67. The number of hydrogen-bond acceptors (Lipinski definition) is 3. The van der Waals surface area contributed by atoms with Gasteiger partial charge in [0.05, 0.1) is 4.88 Å². The van der Waals surface area contributed by atoms with Crippen molar-refractivity contribution in [3.05, 3.63) is 82.0 Å². The highest BCUT2D eigenvalue weighted by molar-refractivity contribution is 7.12. The molecule has 3 nitrogen and oxygen atoms in total. The van der Waals surface area contributed by atoms with E-state index < -0.39 is 0 Å². The lowest BCUT2D eigenvalue weighted by atomic mass is 10.0. The second-order valence-corrected chi connectivity index (χ2v) is 7.28. The average Bonchev–Trinajstić information content (AvgIpc) is 3.16. The number of amidine groups is 1. The minimum Gasteiger partial charge on any atom is -0.383 e. The largest absolute Gasteiger partial charge is 0.383 e. The Hall–Kier alpha value is -2.43. The normalized spacial score (nSPS) is 10.8. The van der Waals surface area contributed by atoms with E-state index in [1.165, 1.54) is 22.5 Å². The van der Waals surface area contributed by atoms with Gasteiger partial charge in [0.15, 0.2) is 0 Å². The van der Waals surface area contributed by atoms with Crippen LogP contribution in [0.1, 0.15) is 22.4 Å². The molecule has 0 amide bonds. The summed E-state index contributed by atoms with van der Waals surface area (Å²) in [6.45, 7) is 2.04. The summed E-state index contributed by atoms with van der Waals surface area (Å²) in [6, 6.07) is 21.3. The van der Waals surface area contributed by atoms with Gasteiger partial charge in [-0.25, -0.2) is 0 Å². The fraction of sp³-hybridized carbons (Fsp3) is 0.227. The first-order valence-electron chi connectivity index (χ1n) is 9.00. The van der Waals surface area contributed by atoms with Crippen LogP contribution in [0.15, 0.2) is 66.0 Å². The fourth-order valence-electron chi connectivity index (χ4n) is 3.02. The van der Waals surface area contributed by atoms with Crippen molar-refractivity contribution in [3.8, 4) is 11.1 Å². The molecule has 0 radical (unpaired) electrons. The van der Waals surface area contributed by atoms with E-state index >= 15 is 0 Å². The fourth-order valence-corrected chi connectivity index (χ4v) is 3.80. The van der Waals surface area contributed by atoms with Crippen molar-refractivity contribution in [1.82, 2.24) is 5.32 Å². The van der Waals surface area contributed by atoms with E-state index in [4.69, 9.17) is 11.1 Å². The molecule has 4 N–H and O–H groups in total. The zero-order valence-corrected chi connectivity index (χ0v) is 15.7. The highest BCUT2D eigenvalue weighted by atomic mass is 32.1. The predicted octanol–water partition coefficient (Wildman–Crippen LogP) is 4.46. The number of nitrogens with two attached hydrogens (primary N) is 1. The van der Waals surface area contributed by atoms with Crippen LogP contribution in [0.5, 0.6) is 0 Å². The van der Waals surface area contributed by atoms with Crippen LogP contribution in [0.3, 0.4) is 0 Å². The van der Waals surface area contributed by atoms with Crippen molar-refractivity contribution >= 4 is 17.2 Å². The number of thiophene rings is 1. The Morgan fingerprint density at radius 3 is 2.35 bits per heavy atom. The summed E-state index contributed by atoms with van der Waals surface area (Å²) in [6.07, 6.45) is 3.31. The second-order valence-electron chi connectivity index (χ2n) is 6.36. The van der Waals surface area contributed by atoms with Crippen molar-refractivity contribution in [2.24, 2.45) is 5.73 Å². The third-order valence-corrected chi connectivity index (χ3v) is 5.37. The summed E-state index contributed by atoms with van der Waals surface area (Å²) in [5.74, 6) is 0.138. The number of nitrogens with one attached hydrogen (secondary N) is 2. The summed E-state index contributed by atoms with van der Waals surface area (Å²) in [5.41, 5.74) is 10.6. The lowest BCUT2D eigenvalue weighted by Crippen LogP contribution is -2.19. The molecule has 26 heavy (non-hydrogen) atoms. The molecule has 0 bridgehead atoms. The average molecular weight is 364 g/mol. The van der Waals surface area contributed by atoms with Crippen LogP contribution >= 0.6 is 11.3 Å². The Bertz CT molecular complexity index is 822. The van der Waals surface area contributed by atoms with E-state index in [1.54, 1.807) is 0 Å². The topological polar surface area (TPSA) is 61.9 Å². The summed E-state index contributed by atoms with van der Waals surface area (Å²) in [4.78, 5) is 0.845. The Labute approximate surface area is 159 Å². The van der Waals surface area contributed by atoms with Gasteiger partial charge in [0.2, 0.25) is 0 Å². The van der Waals surface area contributed by atoms with Crippen LogP contribution in [-0.2, 0) is 12.8 Å². The first-order valence-corrected chi connectivity index (χ1v) is 9.88. The molecular weight excluding hydrogens is 338 g/mol. The van der Waals surface area contributed by atoms with Gasteiger partial charge in [0.25, 0.3) is 0 Å². The second kappa shape index (κ2) is 9.32. The molecule has 134 valence electrons. The first-order chi connectivity index (χ1) is 12.7. The number of nitrogen functional groups attached to an aromatic ring is 1. The summed E-state index contributed by atoms with van der Waals surface area (Å²) in [5, 5.41) is 13.2. The zero-order valence-electron chi connectivity index (χ0n) is 14.9. The number of benzene rings is 2. The Balaban J connectivity index is 1.42. The number of rotatable bonds is 9. The van der Waals surface area contributed by atoms with Gasteiger partial charge in [-0.2, -0.15) is 0 Å². The lowest BCUT2D eigenvalue weighted by Gasteiger charge is -2.07. The molecule has 0 saturated carbocycles. The van der Waals surface area contributed by atoms with Crippen LogP contribution < -0.4 is 11.1 Å². The molecule has 0 saturated heterocycles. The van der Waals surface area contributed by atoms with Crippen LogP contribution in [0.25, 0.3) is 11.1 Å². The van der Waals surface area contributed by atoms with Gasteiger partial charge < -0.3 is 11.1 Å². The van der Waals surface area contributed by atoms with Crippen LogP contribution in [-0.4, -0.2) is 18.9 Å². The molecule has 4 heteroatoms. The molecule has 0 aliphatic carbocycles. The quantitative estimate of drug-likeness (QED) is 0.298. The van der Waals surface area contributed by atoms with E-state index in [2.05, 4.69) is 59.9 Å². The number of hydrogen-bond donors (Lipinski definition) is 3. The highest BCUT2D eigenvalue weighted by Gasteiger charge is 2.09. The summed E-state index contributed by atoms with van der Waals surface area (Å²) >= 11 is 1.52. The lowest BCUT2D eigenvalue weighted by molar-refractivity contribution is 0.647. The van der Waals surface area contributed by atoms with E-state index in [0.717, 1.165) is 48.4 Å². The molecule has 0 unspecified atom stereocenters. The molecule has 1 aromatic heterocycles. The van der Waals surface area contributed by atoms with Crippen molar-refractivity contribution in [1.29, 1.82) is 5.41 Å². The van der Waals surface area contributed by atoms with Crippen molar-refractivity contribution in [3.63, 3.8) is 0 Å². The number of aryl methyl sites for hydroxylation is 1. The van der Waals surface area contributed by atoms with Gasteiger partial charge in [-0.15, -0.1) is 11.3 Å². The SMILES string of the molecule is N=C(N)c1sccc1-c1ccc(CCNCCCc2ccccc2)cc1. The van der Waals surface area contributed by atoms with Crippen LogP contribution in [0.4, 0.5) is 0 Å². The maximum atomic E-state index is 7.67. The van der Waals surface area contributed by atoms with Gasteiger partial charge in [-0.1, -0.05) is 54.6 Å². The Morgan fingerprint density at radius 1 is 0.885 bits per heavy atom. The van der Waals surface area contributed by atoms with Crippen molar-refractivity contribution in [2.75, 3.05) is 13.1 Å². The molecular formula is C22H25N3S. The van der Waals surface area contributed by atoms with Gasteiger partial charge in [0.1, 0.15) is 5.84 Å². The van der Waals surface area contributed by atoms with Crippen LogP contribution in [0.2, 0.25) is 0 Å². The highest BCUT2D eigenvalue weighted by Crippen LogP contribution is 2.28. The monoisotopic (exact) mass is 363 g/mol. The van der Waals surface area contributed by atoms with Crippen molar-refractivity contribution < 1.29 is 0 Å². The van der Waals surface area contributed by atoms with E-state index in [-0.39, 0.29) is 5.84 Å². The summed E-state index contributed by atoms with van der Waals surface area (Å²) < 4.78 is 0. The Morgan fingerprint density at radius 2 is 1.62 bits per heavy atom. The van der Waals surface area contributed by atoms with Crippen molar-refractivity contribution in [2.45, 2.75) is 19.3 Å². The van der Waals surface area contributed by atoms with Gasteiger partial charge in [0, 0.05) is 5.56 Å². The summed E-state index contributed by atoms with van der Waals surface area (Å²) in [7, 11) is 0. The molecule has 3 rings (SSSR count).